The van der Waals surface area contributed by atoms with Crippen molar-refractivity contribution in [3.05, 3.63) is 54.0 Å². The first kappa shape index (κ1) is 19.6. The Morgan fingerprint density at radius 2 is 1.85 bits per heavy atom. The van der Waals surface area contributed by atoms with Crippen LogP contribution in [0.3, 0.4) is 0 Å². The summed E-state index contributed by atoms with van der Waals surface area (Å²) in [6.07, 6.45) is 2.49. The van der Waals surface area contributed by atoms with Gasteiger partial charge in [-0.15, -0.1) is 0 Å². The minimum atomic E-state index is -3.48. The highest BCUT2D eigenvalue weighted by Crippen LogP contribution is 2.18. The molecule has 1 aromatic carbocycles. The molecule has 7 nitrogen and oxygen atoms in total. The van der Waals surface area contributed by atoms with E-state index >= 15 is 0 Å². The quantitative estimate of drug-likeness (QED) is 0.719. The molecule has 0 spiro atoms. The van der Waals surface area contributed by atoms with E-state index in [4.69, 9.17) is 9.15 Å². The minimum absolute atomic E-state index is 0.0106. The van der Waals surface area contributed by atoms with Crippen LogP contribution >= 0.6 is 0 Å². The molecule has 1 amide bonds. The number of nitrogens with zero attached hydrogens (tertiary/aromatic N) is 2. The number of ether oxygens (including phenoxy) is 1. The van der Waals surface area contributed by atoms with Gasteiger partial charge in [-0.3, -0.25) is 4.79 Å². The van der Waals surface area contributed by atoms with Gasteiger partial charge in [-0.2, -0.15) is 4.31 Å². The Morgan fingerprint density at radius 3 is 2.48 bits per heavy atom. The highest BCUT2D eigenvalue weighted by atomic mass is 32.2. The van der Waals surface area contributed by atoms with Crippen molar-refractivity contribution in [3.63, 3.8) is 0 Å². The maximum absolute atomic E-state index is 12.6. The largest absolute Gasteiger partial charge is 0.467 e. The molecule has 0 atom stereocenters. The van der Waals surface area contributed by atoms with Crippen LogP contribution in [0.5, 0.6) is 0 Å². The monoisotopic (exact) mass is 392 g/mol. The van der Waals surface area contributed by atoms with Crippen LogP contribution in [-0.2, 0) is 32.5 Å². The van der Waals surface area contributed by atoms with E-state index in [2.05, 4.69) is 0 Å². The molecule has 1 aromatic heterocycles. The van der Waals surface area contributed by atoms with Gasteiger partial charge in [-0.05, 0) is 36.2 Å². The molecule has 3 rings (SSSR count). The number of hydrogen-bond donors (Lipinski definition) is 0. The summed E-state index contributed by atoms with van der Waals surface area (Å²) < 4.78 is 37.1. The van der Waals surface area contributed by atoms with Crippen LogP contribution in [0.4, 0.5) is 0 Å². The Kier molecular flexibility index (Phi) is 6.30. The zero-order chi connectivity index (χ0) is 19.3. The predicted molar refractivity (Wildman–Crippen MR) is 99.5 cm³/mol. The average molecular weight is 392 g/mol. The highest BCUT2D eigenvalue weighted by Gasteiger charge is 2.26. The Bertz CT molecular complexity index is 841. The number of morpholine rings is 1. The Labute approximate surface area is 159 Å². The topological polar surface area (TPSA) is 80.1 Å². The summed E-state index contributed by atoms with van der Waals surface area (Å²) in [5, 5.41) is 0. The minimum Gasteiger partial charge on any atom is -0.467 e. The third-order valence-corrected chi connectivity index (χ3v) is 6.47. The van der Waals surface area contributed by atoms with Gasteiger partial charge in [-0.1, -0.05) is 12.1 Å². The van der Waals surface area contributed by atoms with Crippen LogP contribution in [0, 0.1) is 0 Å². The normalized spacial score (nSPS) is 15.6. The van der Waals surface area contributed by atoms with Crippen molar-refractivity contribution < 1.29 is 22.4 Å². The predicted octanol–water partition coefficient (Wildman–Crippen LogP) is 1.89. The van der Waals surface area contributed by atoms with Crippen molar-refractivity contribution in [2.45, 2.75) is 24.3 Å². The Balaban J connectivity index is 1.55. The molecule has 0 unspecified atom stereocenters. The Hall–Kier alpha value is -2.16. The molecule has 2 aromatic rings. The second-order valence-electron chi connectivity index (χ2n) is 6.49. The van der Waals surface area contributed by atoms with Crippen LogP contribution in [0.2, 0.25) is 0 Å². The molecule has 1 aliphatic rings. The zero-order valence-electron chi connectivity index (χ0n) is 15.3. The van der Waals surface area contributed by atoms with Crippen molar-refractivity contribution in [3.8, 4) is 0 Å². The van der Waals surface area contributed by atoms with Crippen molar-refractivity contribution in [1.82, 2.24) is 9.21 Å². The van der Waals surface area contributed by atoms with Gasteiger partial charge >= 0.3 is 0 Å². The van der Waals surface area contributed by atoms with Gasteiger partial charge < -0.3 is 14.1 Å². The molecule has 1 aliphatic heterocycles. The maximum atomic E-state index is 12.6. The number of carbonyl (C=O) groups is 1. The molecule has 8 heteroatoms. The van der Waals surface area contributed by atoms with E-state index in [-0.39, 0.29) is 10.8 Å². The first-order chi connectivity index (χ1) is 13.0. The van der Waals surface area contributed by atoms with Gasteiger partial charge in [0.25, 0.3) is 0 Å². The number of amides is 1. The van der Waals surface area contributed by atoms with Crippen molar-refractivity contribution >= 4 is 15.9 Å². The van der Waals surface area contributed by atoms with Crippen molar-refractivity contribution in [1.29, 1.82) is 0 Å². The molecule has 146 valence electrons. The van der Waals surface area contributed by atoms with E-state index < -0.39 is 10.0 Å². The maximum Gasteiger partial charge on any atom is 0.243 e. The van der Waals surface area contributed by atoms with Crippen molar-refractivity contribution in [2.24, 2.45) is 0 Å². The number of rotatable bonds is 7. The first-order valence-corrected chi connectivity index (χ1v) is 10.3. The molecule has 1 saturated heterocycles. The molecule has 0 saturated carbocycles. The summed E-state index contributed by atoms with van der Waals surface area (Å²) in [5.41, 5.74) is 0.927. The van der Waals surface area contributed by atoms with Crippen LogP contribution in [0.1, 0.15) is 17.7 Å². The molecule has 2 heterocycles. The van der Waals surface area contributed by atoms with E-state index in [1.54, 1.807) is 48.5 Å². The third-order valence-electron chi connectivity index (χ3n) is 4.56. The van der Waals surface area contributed by atoms with E-state index in [0.29, 0.717) is 45.7 Å². The Morgan fingerprint density at radius 1 is 1.15 bits per heavy atom. The van der Waals surface area contributed by atoms with E-state index in [0.717, 1.165) is 11.3 Å². The number of carbonyl (C=O) groups excluding carboxylic acids is 1. The summed E-state index contributed by atoms with van der Waals surface area (Å²) in [7, 11) is -1.75. The zero-order valence-corrected chi connectivity index (χ0v) is 16.2. The smallest absolute Gasteiger partial charge is 0.243 e. The molecular weight excluding hydrogens is 368 g/mol. The molecule has 27 heavy (non-hydrogen) atoms. The van der Waals surface area contributed by atoms with Gasteiger partial charge in [0, 0.05) is 26.6 Å². The molecule has 1 fully saturated rings. The fourth-order valence-electron chi connectivity index (χ4n) is 2.93. The van der Waals surface area contributed by atoms with E-state index in [1.807, 2.05) is 6.07 Å². The molecule has 0 aliphatic carbocycles. The SMILES string of the molecule is CN(Cc1ccco1)C(=O)CCc1ccc(S(=O)(=O)N2CCOCC2)cc1. The molecule has 0 radical (unpaired) electrons. The lowest BCUT2D eigenvalue weighted by atomic mass is 10.1. The summed E-state index contributed by atoms with van der Waals surface area (Å²) >= 11 is 0. The highest BCUT2D eigenvalue weighted by molar-refractivity contribution is 7.89. The molecular formula is C19H24N2O5S. The number of benzene rings is 1. The van der Waals surface area contributed by atoms with E-state index in [1.165, 1.54) is 4.31 Å². The number of sulfonamides is 1. The number of aryl methyl sites for hydroxylation is 1. The van der Waals surface area contributed by atoms with Gasteiger partial charge in [0.05, 0.1) is 30.9 Å². The lowest BCUT2D eigenvalue weighted by Crippen LogP contribution is -2.40. The fourth-order valence-corrected chi connectivity index (χ4v) is 4.34. The summed E-state index contributed by atoms with van der Waals surface area (Å²) in [4.78, 5) is 14.1. The summed E-state index contributed by atoms with van der Waals surface area (Å²) in [6, 6.07) is 10.4. The van der Waals surface area contributed by atoms with Crippen LogP contribution in [0.25, 0.3) is 0 Å². The third kappa shape index (κ3) is 4.97. The van der Waals surface area contributed by atoms with Crippen molar-refractivity contribution in [2.75, 3.05) is 33.4 Å². The van der Waals surface area contributed by atoms with Crippen LogP contribution in [-0.4, -0.2) is 56.9 Å². The second-order valence-corrected chi connectivity index (χ2v) is 8.43. The summed E-state index contributed by atoms with van der Waals surface area (Å²) in [6.45, 7) is 2.03. The number of hydrogen-bond acceptors (Lipinski definition) is 5. The summed E-state index contributed by atoms with van der Waals surface area (Å²) in [5.74, 6) is 0.750. The fraction of sp³-hybridized carbons (Fsp3) is 0.421. The van der Waals surface area contributed by atoms with E-state index in [9.17, 15) is 13.2 Å². The standard InChI is InChI=1S/C19H24N2O5S/c1-20(15-17-3-2-12-26-17)19(22)9-6-16-4-7-18(8-5-16)27(23,24)21-10-13-25-14-11-21/h2-5,7-8,12H,6,9-11,13-15H2,1H3. The first-order valence-electron chi connectivity index (χ1n) is 8.90. The second kappa shape index (κ2) is 8.69. The molecule has 0 N–H and O–H groups in total. The average Bonchev–Trinajstić information content (AvgIpc) is 3.20. The van der Waals surface area contributed by atoms with Crippen LogP contribution in [0.15, 0.2) is 52.0 Å². The van der Waals surface area contributed by atoms with Crippen LogP contribution < -0.4 is 0 Å². The van der Waals surface area contributed by atoms with Gasteiger partial charge in [0.2, 0.25) is 15.9 Å². The van der Waals surface area contributed by atoms with Gasteiger partial charge in [-0.25, -0.2) is 8.42 Å². The lowest BCUT2D eigenvalue weighted by Gasteiger charge is -2.26. The lowest BCUT2D eigenvalue weighted by molar-refractivity contribution is -0.130. The van der Waals surface area contributed by atoms with Gasteiger partial charge in [0.1, 0.15) is 5.76 Å². The molecule has 0 bridgehead atoms. The van der Waals surface area contributed by atoms with Gasteiger partial charge in [0.15, 0.2) is 0 Å². The number of furan rings is 1.